The molecule has 6 nitrogen and oxygen atoms in total. The fourth-order valence-electron chi connectivity index (χ4n) is 2.97. The van der Waals surface area contributed by atoms with Crippen molar-refractivity contribution >= 4 is 44.7 Å². The predicted molar refractivity (Wildman–Crippen MR) is 112 cm³/mol. The number of hydrogen-bond donors (Lipinski definition) is 0. The van der Waals surface area contributed by atoms with Gasteiger partial charge in [0.1, 0.15) is 11.4 Å². The summed E-state index contributed by atoms with van der Waals surface area (Å²) in [5.74, 6) is -0.287. The van der Waals surface area contributed by atoms with Gasteiger partial charge in [-0.3, -0.25) is 14.2 Å². The van der Waals surface area contributed by atoms with Crippen molar-refractivity contribution in [3.05, 3.63) is 55.9 Å². The Morgan fingerprint density at radius 1 is 1.36 bits per heavy atom. The van der Waals surface area contributed by atoms with Gasteiger partial charge in [-0.25, -0.2) is 4.98 Å². The molecule has 0 spiro atoms. The van der Waals surface area contributed by atoms with Crippen molar-refractivity contribution < 1.29 is 4.79 Å². The second kappa shape index (κ2) is 8.13. The molecule has 144 valence electrons. The predicted octanol–water partition coefficient (Wildman–Crippen LogP) is 3.98. The first-order chi connectivity index (χ1) is 13.3. The van der Waals surface area contributed by atoms with E-state index in [9.17, 15) is 9.59 Å². The molecule has 2 aromatic heterocycles. The summed E-state index contributed by atoms with van der Waals surface area (Å²) in [6.07, 6.45) is 1.59. The molecule has 2 heterocycles. The maximum absolute atomic E-state index is 13.0. The van der Waals surface area contributed by atoms with Gasteiger partial charge in [-0.1, -0.05) is 11.6 Å². The van der Waals surface area contributed by atoms with E-state index in [2.05, 4.69) is 11.1 Å². The average molecular weight is 415 g/mol. The Morgan fingerprint density at radius 2 is 2.11 bits per heavy atom. The van der Waals surface area contributed by atoms with E-state index in [0.717, 1.165) is 16.0 Å². The highest BCUT2D eigenvalue weighted by Crippen LogP contribution is 2.26. The molecular formula is C20H19ClN4O2S. The molecule has 28 heavy (non-hydrogen) atoms. The van der Waals surface area contributed by atoms with Crippen LogP contribution >= 0.6 is 22.9 Å². The molecule has 0 atom stereocenters. The standard InChI is InChI=1S/C20H19ClN4O2S/c1-12-9-15(5-6-16(12)21)25(8-4-7-22)17(26)10-24-11-23-19-18(20(24)27)13(2)14(3)28-19/h5-6,9,11H,4,8,10H2,1-3H3. The SMILES string of the molecule is Cc1cc(N(CCC#N)C(=O)Cn2cnc3sc(C)c(C)c3c2=O)ccc1Cl. The minimum Gasteiger partial charge on any atom is -0.310 e. The fraction of sp³-hybridized carbons (Fsp3) is 0.300. The molecule has 0 saturated heterocycles. The van der Waals surface area contributed by atoms with Crippen molar-refractivity contribution in [2.75, 3.05) is 11.4 Å². The van der Waals surface area contributed by atoms with E-state index in [1.54, 1.807) is 18.2 Å². The molecule has 0 aliphatic heterocycles. The Kier molecular flexibility index (Phi) is 5.82. The van der Waals surface area contributed by atoms with Crippen LogP contribution in [0, 0.1) is 32.1 Å². The van der Waals surface area contributed by atoms with E-state index in [1.807, 2.05) is 20.8 Å². The molecule has 0 radical (unpaired) electrons. The zero-order valence-electron chi connectivity index (χ0n) is 15.8. The molecular weight excluding hydrogens is 396 g/mol. The van der Waals surface area contributed by atoms with E-state index >= 15 is 0 Å². The van der Waals surface area contributed by atoms with Gasteiger partial charge in [-0.2, -0.15) is 5.26 Å². The Balaban J connectivity index is 1.96. The van der Waals surface area contributed by atoms with Crippen molar-refractivity contribution in [3.8, 4) is 6.07 Å². The van der Waals surface area contributed by atoms with Crippen molar-refractivity contribution in [1.29, 1.82) is 5.26 Å². The molecule has 0 unspecified atom stereocenters. The van der Waals surface area contributed by atoms with Crippen molar-refractivity contribution in [3.63, 3.8) is 0 Å². The van der Waals surface area contributed by atoms with Crippen LogP contribution < -0.4 is 10.5 Å². The van der Waals surface area contributed by atoms with Crippen LogP contribution in [-0.2, 0) is 11.3 Å². The summed E-state index contributed by atoms with van der Waals surface area (Å²) in [6.45, 7) is 5.77. The van der Waals surface area contributed by atoms with Crippen molar-refractivity contribution in [1.82, 2.24) is 9.55 Å². The van der Waals surface area contributed by atoms with Gasteiger partial charge >= 0.3 is 0 Å². The highest BCUT2D eigenvalue weighted by Gasteiger charge is 2.19. The number of fused-ring (bicyclic) bond motifs is 1. The summed E-state index contributed by atoms with van der Waals surface area (Å²) in [6, 6.07) is 7.31. The van der Waals surface area contributed by atoms with Crippen LogP contribution in [-0.4, -0.2) is 22.0 Å². The maximum Gasteiger partial charge on any atom is 0.262 e. The number of carbonyl (C=O) groups is 1. The fourth-order valence-corrected chi connectivity index (χ4v) is 4.08. The number of nitrogens with zero attached hydrogens (tertiary/aromatic N) is 4. The van der Waals surface area contributed by atoms with Crippen LogP contribution in [0.15, 0.2) is 29.3 Å². The molecule has 3 aromatic rings. The highest BCUT2D eigenvalue weighted by atomic mass is 35.5. The van der Waals surface area contributed by atoms with Crippen LogP contribution in [0.5, 0.6) is 0 Å². The number of amides is 1. The largest absolute Gasteiger partial charge is 0.310 e. The number of halogens is 1. The Bertz CT molecular complexity index is 1160. The smallest absolute Gasteiger partial charge is 0.262 e. The number of carbonyl (C=O) groups excluding carboxylic acids is 1. The number of thiophene rings is 1. The lowest BCUT2D eigenvalue weighted by Crippen LogP contribution is -2.37. The van der Waals surface area contributed by atoms with Gasteiger partial charge in [0.2, 0.25) is 5.91 Å². The molecule has 0 bridgehead atoms. The van der Waals surface area contributed by atoms with Crippen molar-refractivity contribution in [2.24, 2.45) is 0 Å². The molecule has 0 aliphatic carbocycles. The summed E-state index contributed by atoms with van der Waals surface area (Å²) in [5.41, 5.74) is 2.15. The maximum atomic E-state index is 13.0. The average Bonchev–Trinajstić information content (AvgIpc) is 2.95. The summed E-state index contributed by atoms with van der Waals surface area (Å²) < 4.78 is 1.33. The molecule has 8 heteroatoms. The summed E-state index contributed by atoms with van der Waals surface area (Å²) in [7, 11) is 0. The van der Waals surface area contributed by atoms with Crippen LogP contribution in [0.2, 0.25) is 5.02 Å². The van der Waals surface area contributed by atoms with Crippen LogP contribution in [0.25, 0.3) is 10.2 Å². The molecule has 3 rings (SSSR count). The Morgan fingerprint density at radius 3 is 2.79 bits per heavy atom. The quantitative estimate of drug-likeness (QED) is 0.632. The lowest BCUT2D eigenvalue weighted by molar-refractivity contribution is -0.119. The minimum absolute atomic E-state index is 0.150. The second-order valence-electron chi connectivity index (χ2n) is 6.53. The van der Waals surface area contributed by atoms with Gasteiger partial charge in [0.15, 0.2) is 0 Å². The number of aryl methyl sites for hydroxylation is 3. The van der Waals surface area contributed by atoms with Gasteiger partial charge in [0.25, 0.3) is 5.56 Å². The van der Waals surface area contributed by atoms with Gasteiger partial charge in [0, 0.05) is 22.1 Å². The van der Waals surface area contributed by atoms with Crippen molar-refractivity contribution in [2.45, 2.75) is 33.7 Å². The number of aromatic nitrogens is 2. The van der Waals surface area contributed by atoms with Crippen LogP contribution in [0.1, 0.15) is 22.4 Å². The third-order valence-corrected chi connectivity index (χ3v) is 6.20. The molecule has 1 amide bonds. The molecule has 1 aromatic carbocycles. The first-order valence-electron chi connectivity index (χ1n) is 8.72. The van der Waals surface area contributed by atoms with Gasteiger partial charge in [-0.15, -0.1) is 11.3 Å². The van der Waals surface area contributed by atoms with E-state index in [1.165, 1.54) is 27.1 Å². The Labute approximate surface area is 171 Å². The zero-order chi connectivity index (χ0) is 20.4. The normalized spacial score (nSPS) is 10.8. The number of rotatable bonds is 5. The van der Waals surface area contributed by atoms with Crippen LogP contribution in [0.3, 0.4) is 0 Å². The van der Waals surface area contributed by atoms with E-state index in [4.69, 9.17) is 16.9 Å². The first kappa shape index (κ1) is 20.1. The van der Waals surface area contributed by atoms with Gasteiger partial charge < -0.3 is 4.90 Å². The molecule has 0 fully saturated rings. The monoisotopic (exact) mass is 414 g/mol. The Hall–Kier alpha value is -2.69. The number of nitriles is 1. The number of anilines is 1. The van der Waals surface area contributed by atoms with E-state index in [0.29, 0.717) is 20.9 Å². The van der Waals surface area contributed by atoms with Gasteiger partial charge in [-0.05, 0) is 50.1 Å². The summed E-state index contributed by atoms with van der Waals surface area (Å²) in [5, 5.41) is 10.1. The second-order valence-corrected chi connectivity index (χ2v) is 8.14. The van der Waals surface area contributed by atoms with Crippen LogP contribution in [0.4, 0.5) is 5.69 Å². The van der Waals surface area contributed by atoms with Gasteiger partial charge in [0.05, 0.1) is 24.2 Å². The molecule has 0 N–H and O–H groups in total. The van der Waals surface area contributed by atoms with E-state index in [-0.39, 0.29) is 31.0 Å². The number of hydrogen-bond acceptors (Lipinski definition) is 5. The lowest BCUT2D eigenvalue weighted by atomic mass is 10.2. The first-order valence-corrected chi connectivity index (χ1v) is 9.91. The molecule has 0 saturated carbocycles. The summed E-state index contributed by atoms with van der Waals surface area (Å²) >= 11 is 7.55. The number of benzene rings is 1. The molecule has 0 aliphatic rings. The zero-order valence-corrected chi connectivity index (χ0v) is 17.4. The lowest BCUT2D eigenvalue weighted by Gasteiger charge is -2.23. The third-order valence-electron chi connectivity index (χ3n) is 4.66. The highest BCUT2D eigenvalue weighted by molar-refractivity contribution is 7.18. The minimum atomic E-state index is -0.287. The summed E-state index contributed by atoms with van der Waals surface area (Å²) in [4.78, 5) is 33.4. The van der Waals surface area contributed by atoms with E-state index < -0.39 is 0 Å². The topological polar surface area (TPSA) is 79.0 Å². The third kappa shape index (κ3) is 3.79.